The molecule has 0 radical (unpaired) electrons. The molecule has 1 aromatic carbocycles. The largest absolute Gasteiger partial charge is 0.269 e. The Balaban J connectivity index is 2.51. The highest BCUT2D eigenvalue weighted by Crippen LogP contribution is 2.36. The lowest BCUT2D eigenvalue weighted by Crippen LogP contribution is -2.45. The highest BCUT2D eigenvalue weighted by atomic mass is 79.9. The second-order valence-corrected chi connectivity index (χ2v) is 5.38. The van der Waals surface area contributed by atoms with E-state index in [4.69, 9.17) is 0 Å². The zero-order chi connectivity index (χ0) is 13.3. The van der Waals surface area contributed by atoms with Gasteiger partial charge >= 0.3 is 0 Å². The standard InChI is InChI=1S/C14H12BrNO2/c1-3-9-14(15,4-2)16-12(17)10-7-5-6-8-11(10)13(16)18/h3-8H,1-2,9H2. The van der Waals surface area contributed by atoms with E-state index < -0.39 is 4.45 Å². The highest BCUT2D eigenvalue weighted by Gasteiger charge is 2.45. The number of fused-ring (bicyclic) bond motifs is 1. The van der Waals surface area contributed by atoms with Gasteiger partial charge in [0.05, 0.1) is 11.1 Å². The van der Waals surface area contributed by atoms with Gasteiger partial charge in [-0.15, -0.1) is 6.58 Å². The number of hydrogen-bond acceptors (Lipinski definition) is 2. The van der Waals surface area contributed by atoms with Crippen molar-refractivity contribution in [2.45, 2.75) is 10.9 Å². The lowest BCUT2D eigenvalue weighted by Gasteiger charge is -2.31. The van der Waals surface area contributed by atoms with Gasteiger partial charge in [0.15, 0.2) is 0 Å². The number of imide groups is 1. The number of hydrogen-bond donors (Lipinski definition) is 0. The number of alkyl halides is 1. The number of rotatable bonds is 4. The molecule has 2 rings (SSSR count). The number of amides is 2. The molecule has 3 nitrogen and oxygen atoms in total. The van der Waals surface area contributed by atoms with Crippen molar-refractivity contribution in [3.63, 3.8) is 0 Å². The lowest BCUT2D eigenvalue weighted by atomic mass is 10.1. The van der Waals surface area contributed by atoms with Crippen molar-refractivity contribution < 1.29 is 9.59 Å². The molecule has 0 saturated heterocycles. The zero-order valence-corrected chi connectivity index (χ0v) is 11.3. The second kappa shape index (κ2) is 4.53. The summed E-state index contributed by atoms with van der Waals surface area (Å²) in [4.78, 5) is 25.7. The third-order valence-corrected chi connectivity index (χ3v) is 3.91. The van der Waals surface area contributed by atoms with Crippen molar-refractivity contribution in [2.24, 2.45) is 0 Å². The van der Waals surface area contributed by atoms with E-state index in [1.165, 1.54) is 11.0 Å². The molecule has 1 aliphatic heterocycles. The fourth-order valence-electron chi connectivity index (χ4n) is 2.00. The average molecular weight is 306 g/mol. The van der Waals surface area contributed by atoms with Gasteiger partial charge in [-0.2, -0.15) is 0 Å². The Kier molecular flexibility index (Phi) is 3.22. The number of benzene rings is 1. The Labute approximate surface area is 114 Å². The first-order chi connectivity index (χ1) is 8.55. The van der Waals surface area contributed by atoms with E-state index in [9.17, 15) is 9.59 Å². The van der Waals surface area contributed by atoms with Crippen LogP contribution in [-0.4, -0.2) is 21.2 Å². The summed E-state index contributed by atoms with van der Waals surface area (Å²) in [6, 6.07) is 6.79. The third-order valence-electron chi connectivity index (χ3n) is 2.91. The minimum absolute atomic E-state index is 0.311. The summed E-state index contributed by atoms with van der Waals surface area (Å²) < 4.78 is -0.915. The summed E-state index contributed by atoms with van der Waals surface area (Å²) in [6.07, 6.45) is 3.58. The van der Waals surface area contributed by atoms with Gasteiger partial charge in [0.2, 0.25) is 0 Å². The molecule has 0 saturated carbocycles. The van der Waals surface area contributed by atoms with Crippen LogP contribution in [0.15, 0.2) is 49.6 Å². The van der Waals surface area contributed by atoms with Gasteiger partial charge in [-0.05, 0) is 12.1 Å². The number of halogens is 1. The van der Waals surface area contributed by atoms with E-state index in [2.05, 4.69) is 29.1 Å². The Bertz CT molecular complexity index is 517. The average Bonchev–Trinajstić information content (AvgIpc) is 2.63. The summed E-state index contributed by atoms with van der Waals surface area (Å²) in [5.41, 5.74) is 0.856. The Hall–Kier alpha value is -1.68. The van der Waals surface area contributed by atoms with Crippen LogP contribution in [0, 0.1) is 0 Å². The quantitative estimate of drug-likeness (QED) is 0.371. The number of carbonyl (C=O) groups is 2. The van der Waals surface area contributed by atoms with Crippen LogP contribution in [0.2, 0.25) is 0 Å². The Morgan fingerprint density at radius 2 is 1.67 bits per heavy atom. The Morgan fingerprint density at radius 3 is 2.06 bits per heavy atom. The Morgan fingerprint density at radius 1 is 1.17 bits per heavy atom. The maximum Gasteiger partial charge on any atom is 0.263 e. The molecule has 1 aliphatic rings. The summed E-state index contributed by atoms with van der Waals surface area (Å²) in [6.45, 7) is 7.32. The van der Waals surface area contributed by atoms with Crippen molar-refractivity contribution in [3.8, 4) is 0 Å². The molecule has 1 atom stereocenters. The van der Waals surface area contributed by atoms with E-state index in [1.807, 2.05) is 0 Å². The van der Waals surface area contributed by atoms with Crippen LogP contribution < -0.4 is 0 Å². The molecule has 4 heteroatoms. The predicted molar refractivity (Wildman–Crippen MR) is 73.6 cm³/mol. The van der Waals surface area contributed by atoms with Crippen molar-refractivity contribution in [2.75, 3.05) is 0 Å². The van der Waals surface area contributed by atoms with Gasteiger partial charge in [-0.1, -0.05) is 46.8 Å². The van der Waals surface area contributed by atoms with Gasteiger partial charge in [-0.25, -0.2) is 0 Å². The zero-order valence-electron chi connectivity index (χ0n) is 9.73. The normalized spacial score (nSPS) is 17.3. The summed E-state index contributed by atoms with van der Waals surface area (Å²) in [5, 5.41) is 0. The fraction of sp³-hybridized carbons (Fsp3) is 0.143. The molecule has 1 aromatic rings. The molecule has 18 heavy (non-hydrogen) atoms. The molecule has 1 heterocycles. The monoisotopic (exact) mass is 305 g/mol. The molecule has 0 bridgehead atoms. The van der Waals surface area contributed by atoms with Crippen molar-refractivity contribution in [1.29, 1.82) is 0 Å². The molecule has 0 spiro atoms. The highest BCUT2D eigenvalue weighted by molar-refractivity contribution is 9.10. The summed E-state index contributed by atoms with van der Waals surface area (Å²) >= 11 is 3.41. The first kappa shape index (κ1) is 12.8. The topological polar surface area (TPSA) is 37.4 Å². The van der Waals surface area contributed by atoms with Crippen molar-refractivity contribution in [3.05, 3.63) is 60.7 Å². The molecule has 0 N–H and O–H groups in total. The first-order valence-electron chi connectivity index (χ1n) is 5.46. The maximum atomic E-state index is 12.3. The van der Waals surface area contributed by atoms with Gasteiger partial charge in [0, 0.05) is 6.42 Å². The summed E-state index contributed by atoms with van der Waals surface area (Å²) in [5.74, 6) is -0.622. The molecular weight excluding hydrogens is 294 g/mol. The minimum atomic E-state index is -0.915. The molecule has 0 aliphatic carbocycles. The molecule has 92 valence electrons. The first-order valence-corrected chi connectivity index (χ1v) is 6.26. The summed E-state index contributed by atoms with van der Waals surface area (Å²) in [7, 11) is 0. The maximum absolute atomic E-state index is 12.3. The smallest absolute Gasteiger partial charge is 0.263 e. The molecule has 0 fully saturated rings. The molecule has 1 unspecified atom stereocenters. The van der Waals surface area contributed by atoms with Crippen molar-refractivity contribution >= 4 is 27.7 Å². The third kappa shape index (κ3) is 1.73. The van der Waals surface area contributed by atoms with E-state index in [-0.39, 0.29) is 11.8 Å². The van der Waals surface area contributed by atoms with Gasteiger partial charge in [0.25, 0.3) is 11.8 Å². The van der Waals surface area contributed by atoms with Crippen LogP contribution in [0.1, 0.15) is 27.1 Å². The van der Waals surface area contributed by atoms with Crippen LogP contribution in [0.3, 0.4) is 0 Å². The van der Waals surface area contributed by atoms with Crippen LogP contribution in [0.25, 0.3) is 0 Å². The van der Waals surface area contributed by atoms with Crippen LogP contribution in [0.5, 0.6) is 0 Å². The van der Waals surface area contributed by atoms with Gasteiger partial charge < -0.3 is 0 Å². The van der Waals surface area contributed by atoms with E-state index in [1.54, 1.807) is 30.3 Å². The van der Waals surface area contributed by atoms with Gasteiger partial charge in [-0.3, -0.25) is 14.5 Å². The van der Waals surface area contributed by atoms with E-state index >= 15 is 0 Å². The van der Waals surface area contributed by atoms with Crippen LogP contribution >= 0.6 is 15.9 Å². The number of carbonyl (C=O) groups excluding carboxylic acids is 2. The van der Waals surface area contributed by atoms with Crippen molar-refractivity contribution in [1.82, 2.24) is 4.90 Å². The predicted octanol–water partition coefficient (Wildman–Crippen LogP) is 3.14. The van der Waals surface area contributed by atoms with Gasteiger partial charge in [0.1, 0.15) is 4.45 Å². The van der Waals surface area contributed by atoms with Crippen LogP contribution in [-0.2, 0) is 0 Å². The van der Waals surface area contributed by atoms with E-state index in [0.717, 1.165) is 0 Å². The molecule has 0 aromatic heterocycles. The fourth-order valence-corrected chi connectivity index (χ4v) is 2.55. The molecule has 2 amide bonds. The molecular formula is C14H12BrNO2. The second-order valence-electron chi connectivity index (χ2n) is 4.01. The van der Waals surface area contributed by atoms with Crippen LogP contribution in [0.4, 0.5) is 0 Å². The SMILES string of the molecule is C=CCC(Br)(C=C)N1C(=O)c2ccccc2C1=O. The number of nitrogens with zero attached hydrogens (tertiary/aromatic N) is 1. The lowest BCUT2D eigenvalue weighted by molar-refractivity contribution is 0.0597. The minimum Gasteiger partial charge on any atom is -0.269 e. The van der Waals surface area contributed by atoms with E-state index in [0.29, 0.717) is 17.5 Å².